The van der Waals surface area contributed by atoms with E-state index in [1.165, 1.54) is 51.6 Å². The standard InChI is InChI=1S/C11H22N2/c12-9-10-5-4-6-11(10)13-7-2-1-3-8-13/h10-11H,1-9,12H2/t10?,11-/m0/s1. The topological polar surface area (TPSA) is 29.3 Å². The van der Waals surface area contributed by atoms with Gasteiger partial charge in [-0.3, -0.25) is 0 Å². The van der Waals surface area contributed by atoms with Gasteiger partial charge in [0, 0.05) is 6.04 Å². The Morgan fingerprint density at radius 1 is 1.00 bits per heavy atom. The van der Waals surface area contributed by atoms with Crippen molar-refractivity contribution < 1.29 is 0 Å². The summed E-state index contributed by atoms with van der Waals surface area (Å²) in [7, 11) is 0. The first-order valence-corrected chi connectivity index (χ1v) is 5.86. The molecule has 1 saturated carbocycles. The highest BCUT2D eigenvalue weighted by atomic mass is 15.2. The van der Waals surface area contributed by atoms with Gasteiger partial charge in [0.15, 0.2) is 0 Å². The molecule has 2 atom stereocenters. The van der Waals surface area contributed by atoms with Crippen molar-refractivity contribution in [3.63, 3.8) is 0 Å². The van der Waals surface area contributed by atoms with E-state index in [1.54, 1.807) is 0 Å². The lowest BCUT2D eigenvalue weighted by Crippen LogP contribution is -2.43. The summed E-state index contributed by atoms with van der Waals surface area (Å²) in [6.07, 6.45) is 8.45. The molecule has 1 aliphatic heterocycles. The number of likely N-dealkylation sites (tertiary alicyclic amines) is 1. The third-order valence-corrected chi connectivity index (χ3v) is 3.78. The first-order valence-electron chi connectivity index (χ1n) is 5.86. The van der Waals surface area contributed by atoms with Crippen molar-refractivity contribution in [3.8, 4) is 0 Å². The molecule has 0 spiro atoms. The zero-order chi connectivity index (χ0) is 9.10. The van der Waals surface area contributed by atoms with Crippen LogP contribution in [0.4, 0.5) is 0 Å². The third kappa shape index (κ3) is 2.05. The Labute approximate surface area is 81.5 Å². The van der Waals surface area contributed by atoms with Gasteiger partial charge in [0.25, 0.3) is 0 Å². The monoisotopic (exact) mass is 182 g/mol. The van der Waals surface area contributed by atoms with Crippen molar-refractivity contribution in [2.24, 2.45) is 11.7 Å². The highest BCUT2D eigenvalue weighted by molar-refractivity contribution is 4.86. The molecule has 0 aromatic rings. The fourth-order valence-corrected chi connectivity index (χ4v) is 3.02. The van der Waals surface area contributed by atoms with Gasteiger partial charge in [-0.25, -0.2) is 0 Å². The van der Waals surface area contributed by atoms with Crippen LogP contribution in [0.2, 0.25) is 0 Å². The highest BCUT2D eigenvalue weighted by Crippen LogP contribution is 2.30. The van der Waals surface area contributed by atoms with Gasteiger partial charge in [0.2, 0.25) is 0 Å². The van der Waals surface area contributed by atoms with E-state index in [9.17, 15) is 0 Å². The quantitative estimate of drug-likeness (QED) is 0.703. The van der Waals surface area contributed by atoms with Gasteiger partial charge in [0.05, 0.1) is 0 Å². The molecule has 1 unspecified atom stereocenters. The number of nitrogens with zero attached hydrogens (tertiary/aromatic N) is 1. The first-order chi connectivity index (χ1) is 6.42. The Morgan fingerprint density at radius 3 is 2.46 bits per heavy atom. The van der Waals surface area contributed by atoms with E-state index in [-0.39, 0.29) is 0 Å². The Bertz CT molecular complexity index is 152. The van der Waals surface area contributed by atoms with Crippen LogP contribution < -0.4 is 5.73 Å². The van der Waals surface area contributed by atoms with Gasteiger partial charge < -0.3 is 10.6 Å². The van der Waals surface area contributed by atoms with Gasteiger partial charge in [-0.05, 0) is 51.2 Å². The summed E-state index contributed by atoms with van der Waals surface area (Å²) in [5.41, 5.74) is 5.80. The van der Waals surface area contributed by atoms with E-state index in [2.05, 4.69) is 4.90 Å². The Balaban J connectivity index is 1.90. The molecule has 1 saturated heterocycles. The lowest BCUT2D eigenvalue weighted by molar-refractivity contribution is 0.135. The molecule has 0 aromatic carbocycles. The lowest BCUT2D eigenvalue weighted by atomic mass is 9.99. The van der Waals surface area contributed by atoms with Crippen LogP contribution >= 0.6 is 0 Å². The summed E-state index contributed by atoms with van der Waals surface area (Å²) in [5, 5.41) is 0. The molecular weight excluding hydrogens is 160 g/mol. The van der Waals surface area contributed by atoms with E-state index in [0.29, 0.717) is 0 Å². The summed E-state index contributed by atoms with van der Waals surface area (Å²) in [5.74, 6) is 0.804. The molecular formula is C11H22N2. The fraction of sp³-hybridized carbons (Fsp3) is 1.00. The minimum atomic E-state index is 0.804. The van der Waals surface area contributed by atoms with E-state index < -0.39 is 0 Å². The number of piperidine rings is 1. The molecule has 2 heteroatoms. The van der Waals surface area contributed by atoms with Gasteiger partial charge in [-0.2, -0.15) is 0 Å². The predicted octanol–water partition coefficient (Wildman–Crippen LogP) is 1.60. The number of hydrogen-bond donors (Lipinski definition) is 1. The summed E-state index contributed by atoms with van der Waals surface area (Å²) >= 11 is 0. The van der Waals surface area contributed by atoms with E-state index >= 15 is 0 Å². The molecule has 2 fully saturated rings. The van der Waals surface area contributed by atoms with Gasteiger partial charge in [0.1, 0.15) is 0 Å². The van der Waals surface area contributed by atoms with Crippen molar-refractivity contribution >= 4 is 0 Å². The van der Waals surface area contributed by atoms with Crippen LogP contribution in [0.3, 0.4) is 0 Å². The van der Waals surface area contributed by atoms with Crippen LogP contribution in [-0.4, -0.2) is 30.6 Å². The van der Waals surface area contributed by atoms with Crippen molar-refractivity contribution in [2.45, 2.75) is 44.6 Å². The molecule has 0 bridgehead atoms. The van der Waals surface area contributed by atoms with Crippen molar-refractivity contribution in [1.82, 2.24) is 4.90 Å². The SMILES string of the molecule is NCC1CCC[C@@H]1N1CCCCC1. The maximum Gasteiger partial charge on any atom is 0.0135 e. The van der Waals surface area contributed by atoms with Crippen LogP contribution in [0.5, 0.6) is 0 Å². The smallest absolute Gasteiger partial charge is 0.0135 e. The molecule has 2 nitrogen and oxygen atoms in total. The van der Waals surface area contributed by atoms with Crippen molar-refractivity contribution in [3.05, 3.63) is 0 Å². The summed E-state index contributed by atoms with van der Waals surface area (Å²) in [6.45, 7) is 3.57. The molecule has 1 heterocycles. The summed E-state index contributed by atoms with van der Waals surface area (Å²) < 4.78 is 0. The highest BCUT2D eigenvalue weighted by Gasteiger charge is 2.31. The van der Waals surface area contributed by atoms with Gasteiger partial charge in [-0.15, -0.1) is 0 Å². The summed E-state index contributed by atoms with van der Waals surface area (Å²) in [4.78, 5) is 2.70. The fourth-order valence-electron chi connectivity index (χ4n) is 3.02. The van der Waals surface area contributed by atoms with Crippen molar-refractivity contribution in [1.29, 1.82) is 0 Å². The zero-order valence-corrected chi connectivity index (χ0v) is 8.54. The molecule has 2 N–H and O–H groups in total. The van der Waals surface area contributed by atoms with E-state index in [1.807, 2.05) is 0 Å². The average molecular weight is 182 g/mol. The molecule has 76 valence electrons. The normalized spacial score (nSPS) is 36.7. The second kappa shape index (κ2) is 4.43. The minimum Gasteiger partial charge on any atom is -0.330 e. The summed E-state index contributed by atoms with van der Waals surface area (Å²) in [6, 6.07) is 0.838. The maximum atomic E-state index is 5.80. The Kier molecular flexibility index (Phi) is 3.23. The number of rotatable bonds is 2. The largest absolute Gasteiger partial charge is 0.330 e. The van der Waals surface area contributed by atoms with Gasteiger partial charge in [-0.1, -0.05) is 12.8 Å². The van der Waals surface area contributed by atoms with Crippen molar-refractivity contribution in [2.75, 3.05) is 19.6 Å². The van der Waals surface area contributed by atoms with Crippen LogP contribution in [0.25, 0.3) is 0 Å². The molecule has 0 aromatic heterocycles. The second-order valence-electron chi connectivity index (χ2n) is 4.59. The lowest BCUT2D eigenvalue weighted by Gasteiger charge is -2.35. The van der Waals surface area contributed by atoms with Crippen LogP contribution in [0.15, 0.2) is 0 Å². The number of hydrogen-bond acceptors (Lipinski definition) is 2. The maximum absolute atomic E-state index is 5.80. The molecule has 13 heavy (non-hydrogen) atoms. The van der Waals surface area contributed by atoms with E-state index in [4.69, 9.17) is 5.73 Å². The van der Waals surface area contributed by atoms with Crippen LogP contribution in [0.1, 0.15) is 38.5 Å². The molecule has 2 aliphatic rings. The third-order valence-electron chi connectivity index (χ3n) is 3.78. The molecule has 0 amide bonds. The Morgan fingerprint density at radius 2 is 1.77 bits per heavy atom. The second-order valence-corrected chi connectivity index (χ2v) is 4.59. The predicted molar refractivity (Wildman–Crippen MR) is 55.6 cm³/mol. The number of nitrogens with two attached hydrogens (primary N) is 1. The molecule has 1 aliphatic carbocycles. The average Bonchev–Trinajstić information content (AvgIpc) is 2.67. The first kappa shape index (κ1) is 9.47. The van der Waals surface area contributed by atoms with Gasteiger partial charge >= 0.3 is 0 Å². The molecule has 0 radical (unpaired) electrons. The Hall–Kier alpha value is -0.0800. The van der Waals surface area contributed by atoms with Crippen LogP contribution in [0, 0.1) is 5.92 Å². The van der Waals surface area contributed by atoms with Crippen LogP contribution in [-0.2, 0) is 0 Å². The zero-order valence-electron chi connectivity index (χ0n) is 8.54. The van der Waals surface area contributed by atoms with E-state index in [0.717, 1.165) is 18.5 Å². The minimum absolute atomic E-state index is 0.804. The molecule has 2 rings (SSSR count).